The van der Waals surface area contributed by atoms with E-state index in [2.05, 4.69) is 21.7 Å². The van der Waals surface area contributed by atoms with Crippen molar-refractivity contribution >= 4 is 55.7 Å². The van der Waals surface area contributed by atoms with Gasteiger partial charge in [-0.2, -0.15) is 0 Å². The van der Waals surface area contributed by atoms with Gasteiger partial charge in [-0.15, -0.1) is 11.3 Å². The summed E-state index contributed by atoms with van der Waals surface area (Å²) >= 11 is 9.03. The minimum atomic E-state index is -0.239. The SMILES string of the molecule is O=C(NCCc1cccs1)Nc1nc2ccc(Cl)cc2s1. The molecule has 0 bridgehead atoms. The highest BCUT2D eigenvalue weighted by Crippen LogP contribution is 2.28. The third-order valence-electron chi connectivity index (χ3n) is 2.81. The van der Waals surface area contributed by atoms with Crippen LogP contribution in [0.1, 0.15) is 4.88 Å². The minimum absolute atomic E-state index is 0.239. The van der Waals surface area contributed by atoms with Crippen LogP contribution >= 0.6 is 34.3 Å². The molecule has 0 aliphatic rings. The lowest BCUT2D eigenvalue weighted by Gasteiger charge is -2.03. The Hall–Kier alpha value is -1.63. The Balaban J connectivity index is 1.55. The number of hydrogen-bond acceptors (Lipinski definition) is 4. The number of rotatable bonds is 4. The smallest absolute Gasteiger partial charge is 0.321 e. The molecular formula is C14H12ClN3OS2. The highest BCUT2D eigenvalue weighted by atomic mass is 35.5. The first-order chi connectivity index (χ1) is 10.2. The van der Waals surface area contributed by atoms with Crippen molar-refractivity contribution in [3.8, 4) is 0 Å². The molecule has 2 heterocycles. The number of nitrogens with zero attached hydrogens (tertiary/aromatic N) is 1. The zero-order chi connectivity index (χ0) is 14.7. The summed E-state index contributed by atoms with van der Waals surface area (Å²) in [7, 11) is 0. The summed E-state index contributed by atoms with van der Waals surface area (Å²) in [5, 5.41) is 8.84. The molecule has 3 aromatic rings. The van der Waals surface area contributed by atoms with Crippen LogP contribution in [0.5, 0.6) is 0 Å². The van der Waals surface area contributed by atoms with Crippen LogP contribution in [0, 0.1) is 0 Å². The van der Waals surface area contributed by atoms with E-state index >= 15 is 0 Å². The summed E-state index contributed by atoms with van der Waals surface area (Å²) in [5.41, 5.74) is 0.832. The number of carbonyl (C=O) groups is 1. The second kappa shape index (κ2) is 6.43. The molecule has 2 amide bonds. The van der Waals surface area contributed by atoms with Crippen molar-refractivity contribution in [3.63, 3.8) is 0 Å². The summed E-state index contributed by atoms with van der Waals surface area (Å²) in [6.07, 6.45) is 0.834. The Morgan fingerprint density at radius 2 is 2.24 bits per heavy atom. The molecular weight excluding hydrogens is 326 g/mol. The Labute approximate surface area is 134 Å². The van der Waals surface area contributed by atoms with Gasteiger partial charge in [0.2, 0.25) is 0 Å². The van der Waals surface area contributed by atoms with Crippen LogP contribution < -0.4 is 10.6 Å². The van der Waals surface area contributed by atoms with E-state index < -0.39 is 0 Å². The number of urea groups is 1. The number of halogens is 1. The number of carbonyl (C=O) groups excluding carboxylic acids is 1. The van der Waals surface area contributed by atoms with Gasteiger partial charge in [0.05, 0.1) is 10.2 Å². The lowest BCUT2D eigenvalue weighted by molar-refractivity contribution is 0.252. The van der Waals surface area contributed by atoms with Crippen LogP contribution in [0.2, 0.25) is 5.02 Å². The van der Waals surface area contributed by atoms with Gasteiger partial charge in [-0.1, -0.05) is 29.0 Å². The van der Waals surface area contributed by atoms with E-state index in [9.17, 15) is 4.79 Å². The van der Waals surface area contributed by atoms with Gasteiger partial charge in [-0.25, -0.2) is 9.78 Å². The lowest BCUT2D eigenvalue weighted by Crippen LogP contribution is -2.30. The van der Waals surface area contributed by atoms with Crippen molar-refractivity contribution in [3.05, 3.63) is 45.6 Å². The fraction of sp³-hybridized carbons (Fsp3) is 0.143. The van der Waals surface area contributed by atoms with E-state index in [1.807, 2.05) is 23.6 Å². The van der Waals surface area contributed by atoms with Crippen LogP contribution in [0.15, 0.2) is 35.7 Å². The molecule has 0 saturated carbocycles. The van der Waals surface area contributed by atoms with Crippen molar-refractivity contribution in [1.82, 2.24) is 10.3 Å². The average Bonchev–Trinajstić information content (AvgIpc) is 3.07. The molecule has 3 rings (SSSR count). The quantitative estimate of drug-likeness (QED) is 0.742. The number of nitrogens with one attached hydrogen (secondary N) is 2. The van der Waals surface area contributed by atoms with Crippen LogP contribution in [-0.4, -0.2) is 17.6 Å². The first kappa shape index (κ1) is 14.3. The van der Waals surface area contributed by atoms with E-state index in [0.29, 0.717) is 16.7 Å². The first-order valence-electron chi connectivity index (χ1n) is 6.34. The van der Waals surface area contributed by atoms with Gasteiger partial charge >= 0.3 is 6.03 Å². The normalized spacial score (nSPS) is 10.7. The number of aromatic nitrogens is 1. The van der Waals surface area contributed by atoms with Gasteiger partial charge < -0.3 is 5.32 Å². The van der Waals surface area contributed by atoms with Gasteiger partial charge in [0.15, 0.2) is 5.13 Å². The molecule has 0 atom stereocenters. The predicted octanol–water partition coefficient (Wildman–Crippen LogP) is 4.38. The maximum atomic E-state index is 11.8. The van der Waals surface area contributed by atoms with Crippen molar-refractivity contribution in [1.29, 1.82) is 0 Å². The average molecular weight is 338 g/mol. The zero-order valence-electron chi connectivity index (χ0n) is 10.9. The molecule has 2 aromatic heterocycles. The molecule has 0 spiro atoms. The molecule has 0 aliphatic heterocycles. The summed E-state index contributed by atoms with van der Waals surface area (Å²) in [4.78, 5) is 17.4. The number of anilines is 1. The number of amides is 2. The number of thiophene rings is 1. The predicted molar refractivity (Wildman–Crippen MR) is 89.7 cm³/mol. The molecule has 21 heavy (non-hydrogen) atoms. The van der Waals surface area contributed by atoms with Crippen molar-refractivity contribution in [2.75, 3.05) is 11.9 Å². The van der Waals surface area contributed by atoms with E-state index in [1.54, 1.807) is 17.4 Å². The van der Waals surface area contributed by atoms with Crippen molar-refractivity contribution in [2.45, 2.75) is 6.42 Å². The van der Waals surface area contributed by atoms with Crippen LogP contribution in [0.25, 0.3) is 10.2 Å². The highest BCUT2D eigenvalue weighted by Gasteiger charge is 2.07. The molecule has 7 heteroatoms. The third-order valence-corrected chi connectivity index (χ3v) is 4.91. The van der Waals surface area contributed by atoms with Crippen molar-refractivity contribution < 1.29 is 4.79 Å². The fourth-order valence-corrected chi connectivity index (χ4v) is 3.69. The van der Waals surface area contributed by atoms with Crippen LogP contribution in [0.3, 0.4) is 0 Å². The largest absolute Gasteiger partial charge is 0.337 e. The summed E-state index contributed by atoms with van der Waals surface area (Å²) in [5.74, 6) is 0. The Kier molecular flexibility index (Phi) is 4.38. The third kappa shape index (κ3) is 3.72. The van der Waals surface area contributed by atoms with Gasteiger partial charge in [0.1, 0.15) is 0 Å². The second-order valence-electron chi connectivity index (χ2n) is 4.34. The Morgan fingerprint density at radius 3 is 3.05 bits per heavy atom. The van der Waals surface area contributed by atoms with E-state index in [4.69, 9.17) is 11.6 Å². The monoisotopic (exact) mass is 337 g/mol. The molecule has 0 unspecified atom stereocenters. The zero-order valence-corrected chi connectivity index (χ0v) is 13.3. The van der Waals surface area contributed by atoms with Crippen LogP contribution in [-0.2, 0) is 6.42 Å². The van der Waals surface area contributed by atoms with Crippen LogP contribution in [0.4, 0.5) is 9.93 Å². The number of fused-ring (bicyclic) bond motifs is 1. The summed E-state index contributed by atoms with van der Waals surface area (Å²) in [6, 6.07) is 9.29. The number of benzene rings is 1. The maximum absolute atomic E-state index is 11.8. The fourth-order valence-electron chi connectivity index (χ4n) is 1.85. The molecule has 0 fully saturated rings. The minimum Gasteiger partial charge on any atom is -0.337 e. The topological polar surface area (TPSA) is 54.0 Å². The lowest BCUT2D eigenvalue weighted by atomic mass is 10.3. The van der Waals surface area contributed by atoms with Gasteiger partial charge in [-0.3, -0.25) is 5.32 Å². The highest BCUT2D eigenvalue weighted by molar-refractivity contribution is 7.22. The molecule has 0 saturated heterocycles. The Morgan fingerprint density at radius 1 is 1.33 bits per heavy atom. The second-order valence-corrected chi connectivity index (χ2v) is 6.84. The van der Waals surface area contributed by atoms with E-state index in [0.717, 1.165) is 16.6 Å². The van der Waals surface area contributed by atoms with E-state index in [1.165, 1.54) is 16.2 Å². The van der Waals surface area contributed by atoms with Gasteiger partial charge in [-0.05, 0) is 36.1 Å². The number of thiazole rings is 1. The van der Waals surface area contributed by atoms with Gasteiger partial charge in [0, 0.05) is 16.4 Å². The standard InChI is InChI=1S/C14H12ClN3OS2/c15-9-3-4-11-12(8-9)21-14(17-11)18-13(19)16-6-5-10-2-1-7-20-10/h1-4,7-8H,5-6H2,(H2,16,17,18,19). The first-order valence-corrected chi connectivity index (χ1v) is 8.41. The number of hydrogen-bond donors (Lipinski definition) is 2. The van der Waals surface area contributed by atoms with E-state index in [-0.39, 0.29) is 6.03 Å². The summed E-state index contributed by atoms with van der Waals surface area (Å²) < 4.78 is 0.955. The molecule has 2 N–H and O–H groups in total. The summed E-state index contributed by atoms with van der Waals surface area (Å²) in [6.45, 7) is 0.600. The molecule has 108 valence electrons. The van der Waals surface area contributed by atoms with Crippen molar-refractivity contribution in [2.24, 2.45) is 0 Å². The molecule has 0 radical (unpaired) electrons. The molecule has 0 aliphatic carbocycles. The molecule has 1 aromatic carbocycles. The Bertz CT molecular complexity index is 755. The molecule has 4 nitrogen and oxygen atoms in total. The van der Waals surface area contributed by atoms with Gasteiger partial charge in [0.25, 0.3) is 0 Å². The maximum Gasteiger partial charge on any atom is 0.321 e.